The first kappa shape index (κ1) is 18.5. The van der Waals surface area contributed by atoms with Crippen LogP contribution in [0.3, 0.4) is 0 Å². The van der Waals surface area contributed by atoms with Crippen molar-refractivity contribution in [3.63, 3.8) is 0 Å². The van der Waals surface area contributed by atoms with Gasteiger partial charge in [0.15, 0.2) is 0 Å². The summed E-state index contributed by atoms with van der Waals surface area (Å²) < 4.78 is 7.70. The molecular formula is C18H21N4OPt-. The molecule has 0 amide bonds. The van der Waals surface area contributed by atoms with E-state index in [-0.39, 0.29) is 21.1 Å². The third-order valence-electron chi connectivity index (χ3n) is 4.09. The molecule has 2 heterocycles. The summed E-state index contributed by atoms with van der Waals surface area (Å²) in [6.45, 7) is 8.43. The van der Waals surface area contributed by atoms with Crippen molar-refractivity contribution in [2.24, 2.45) is 5.92 Å². The predicted molar refractivity (Wildman–Crippen MR) is 89.2 cm³/mol. The van der Waals surface area contributed by atoms with Crippen LogP contribution in [0.5, 0.6) is 11.9 Å². The van der Waals surface area contributed by atoms with Crippen LogP contribution in [0.2, 0.25) is 0 Å². The van der Waals surface area contributed by atoms with Crippen LogP contribution in [0.4, 0.5) is 0 Å². The zero-order valence-corrected chi connectivity index (χ0v) is 16.5. The van der Waals surface area contributed by atoms with Crippen molar-refractivity contribution in [3.05, 3.63) is 54.2 Å². The second-order valence-electron chi connectivity index (χ2n) is 6.04. The number of hydrogen-bond acceptors (Lipinski definition) is 3. The molecular weight excluding hydrogens is 483 g/mol. The Labute approximate surface area is 156 Å². The molecule has 24 heavy (non-hydrogen) atoms. The Morgan fingerprint density at radius 1 is 1.08 bits per heavy atom. The summed E-state index contributed by atoms with van der Waals surface area (Å²) in [4.78, 5) is 13.1. The minimum atomic E-state index is 0. The van der Waals surface area contributed by atoms with Crippen molar-refractivity contribution < 1.29 is 25.8 Å². The van der Waals surface area contributed by atoms with Gasteiger partial charge in [0, 0.05) is 26.8 Å². The Hall–Kier alpha value is -1.87. The topological polar surface area (TPSA) is 54.0 Å². The maximum atomic E-state index is 5.72. The summed E-state index contributed by atoms with van der Waals surface area (Å²) in [5.41, 5.74) is 2.00. The van der Waals surface area contributed by atoms with Crippen molar-refractivity contribution in [2.45, 2.75) is 33.6 Å². The first-order valence-corrected chi connectivity index (χ1v) is 7.83. The molecule has 1 atom stereocenters. The molecule has 1 unspecified atom stereocenters. The molecule has 0 aliphatic carbocycles. The second-order valence-corrected chi connectivity index (χ2v) is 6.04. The number of rotatable bonds is 5. The number of aromatic nitrogens is 4. The average Bonchev–Trinajstić information content (AvgIpc) is 3.14. The molecule has 0 aliphatic rings. The fourth-order valence-corrected chi connectivity index (χ4v) is 2.34. The van der Waals surface area contributed by atoms with Gasteiger partial charge < -0.3 is 14.7 Å². The number of imidazole rings is 2. The minimum absolute atomic E-state index is 0. The van der Waals surface area contributed by atoms with Gasteiger partial charge in [0.05, 0.1) is 6.20 Å². The number of para-hydroxylation sites is 1. The molecule has 3 aromatic rings. The van der Waals surface area contributed by atoms with Crippen LogP contribution < -0.4 is 9.72 Å². The fourth-order valence-electron chi connectivity index (χ4n) is 2.34. The summed E-state index contributed by atoms with van der Waals surface area (Å²) in [5.74, 6) is 2.22. The smallest absolute Gasteiger partial charge is 0.237 e. The molecule has 0 saturated heterocycles. The Morgan fingerprint density at radius 2 is 1.79 bits per heavy atom. The fraction of sp³-hybridized carbons (Fsp3) is 0.333. The molecule has 0 spiro atoms. The van der Waals surface area contributed by atoms with Crippen molar-refractivity contribution in [1.29, 1.82) is 0 Å². The quantitative estimate of drug-likeness (QED) is 0.526. The van der Waals surface area contributed by atoms with Gasteiger partial charge in [0.25, 0.3) is 0 Å². The zero-order valence-electron chi connectivity index (χ0n) is 14.2. The SMILES string of the molecule is Cc1nc(Oc2nc(C(C)C(C)C)c[n-]2)cn1-c1ccccc1.[Pt]. The van der Waals surface area contributed by atoms with E-state index in [0.717, 1.165) is 17.2 Å². The first-order chi connectivity index (χ1) is 11.0. The van der Waals surface area contributed by atoms with Crippen molar-refractivity contribution >= 4 is 0 Å². The average molecular weight is 504 g/mol. The van der Waals surface area contributed by atoms with Gasteiger partial charge in [-0.2, -0.15) is 4.98 Å². The molecule has 0 N–H and O–H groups in total. The van der Waals surface area contributed by atoms with Gasteiger partial charge in [-0.25, -0.2) is 0 Å². The number of benzene rings is 1. The largest absolute Gasteiger partial charge is 0.445 e. The number of nitrogens with zero attached hydrogens (tertiary/aromatic N) is 4. The van der Waals surface area contributed by atoms with Crippen molar-refractivity contribution in [3.8, 4) is 17.6 Å². The van der Waals surface area contributed by atoms with Gasteiger partial charge in [0.2, 0.25) is 5.88 Å². The van der Waals surface area contributed by atoms with Crippen LogP contribution in [-0.4, -0.2) is 14.5 Å². The Balaban J connectivity index is 0.00000208. The summed E-state index contributed by atoms with van der Waals surface area (Å²) in [6, 6.07) is 10.4. The van der Waals surface area contributed by atoms with E-state index in [4.69, 9.17) is 4.74 Å². The van der Waals surface area contributed by atoms with Crippen LogP contribution in [0.15, 0.2) is 42.7 Å². The standard InChI is InChI=1S/C18H21N4O.Pt/c1-12(2)13(3)16-10-19-18(21-16)23-17-11-22(14(4)20-17)15-8-6-5-7-9-15;/h5-13H,1-4H3;/q-1;. The number of aryl methyl sites for hydroxylation is 1. The van der Waals surface area contributed by atoms with Crippen LogP contribution in [-0.2, 0) is 21.1 Å². The van der Waals surface area contributed by atoms with Crippen LogP contribution in [0.1, 0.15) is 38.2 Å². The summed E-state index contributed by atoms with van der Waals surface area (Å²) in [6.07, 6.45) is 3.63. The third-order valence-corrected chi connectivity index (χ3v) is 4.09. The molecule has 2 aromatic heterocycles. The van der Waals surface area contributed by atoms with Gasteiger partial charge in [-0.1, -0.05) is 50.9 Å². The van der Waals surface area contributed by atoms with Gasteiger partial charge in [-0.05, 0) is 30.9 Å². The molecule has 130 valence electrons. The van der Waals surface area contributed by atoms with E-state index in [1.54, 1.807) is 6.20 Å². The first-order valence-electron chi connectivity index (χ1n) is 7.83. The van der Waals surface area contributed by atoms with Gasteiger partial charge in [-0.3, -0.25) is 4.57 Å². The molecule has 0 saturated carbocycles. The maximum absolute atomic E-state index is 5.72. The third kappa shape index (κ3) is 3.96. The minimum Gasteiger partial charge on any atom is -0.445 e. The molecule has 5 nitrogen and oxygen atoms in total. The van der Waals surface area contributed by atoms with Crippen molar-refractivity contribution in [1.82, 2.24) is 19.5 Å². The van der Waals surface area contributed by atoms with E-state index in [1.165, 1.54) is 0 Å². The van der Waals surface area contributed by atoms with E-state index in [0.29, 0.717) is 23.7 Å². The van der Waals surface area contributed by atoms with Crippen LogP contribution in [0, 0.1) is 12.8 Å². The molecule has 0 fully saturated rings. The Bertz CT molecular complexity index is 779. The van der Waals surface area contributed by atoms with E-state index in [9.17, 15) is 0 Å². The van der Waals surface area contributed by atoms with E-state index in [1.807, 2.05) is 48.0 Å². The summed E-state index contributed by atoms with van der Waals surface area (Å²) >= 11 is 0. The molecule has 6 heteroatoms. The summed E-state index contributed by atoms with van der Waals surface area (Å²) in [5, 5.41) is 0. The molecule has 0 radical (unpaired) electrons. The molecule has 3 rings (SSSR count). The predicted octanol–water partition coefficient (Wildman–Crippen LogP) is 4.08. The van der Waals surface area contributed by atoms with E-state index < -0.39 is 0 Å². The van der Waals surface area contributed by atoms with Gasteiger partial charge >= 0.3 is 0 Å². The van der Waals surface area contributed by atoms with Crippen LogP contribution >= 0.6 is 0 Å². The van der Waals surface area contributed by atoms with Gasteiger partial charge in [-0.15, -0.1) is 0 Å². The Morgan fingerprint density at radius 3 is 2.46 bits per heavy atom. The van der Waals surface area contributed by atoms with Crippen molar-refractivity contribution in [2.75, 3.05) is 0 Å². The second kappa shape index (κ2) is 7.80. The maximum Gasteiger partial charge on any atom is 0.237 e. The van der Waals surface area contributed by atoms with Gasteiger partial charge in [0.1, 0.15) is 11.8 Å². The molecule has 0 aliphatic heterocycles. The van der Waals surface area contributed by atoms with E-state index >= 15 is 0 Å². The number of ether oxygens (including phenoxy) is 1. The Kier molecular flexibility index (Phi) is 6.00. The summed E-state index contributed by atoms with van der Waals surface area (Å²) in [7, 11) is 0. The molecule has 0 bridgehead atoms. The van der Waals surface area contributed by atoms with E-state index in [2.05, 4.69) is 35.7 Å². The molecule has 1 aromatic carbocycles. The number of hydrogen-bond donors (Lipinski definition) is 0. The normalized spacial score (nSPS) is 12.0. The zero-order chi connectivity index (χ0) is 16.4. The van der Waals surface area contributed by atoms with Crippen LogP contribution in [0.25, 0.3) is 5.69 Å². The monoisotopic (exact) mass is 504 g/mol.